The fourth-order valence-electron chi connectivity index (χ4n) is 3.05. The van der Waals surface area contributed by atoms with E-state index in [0.29, 0.717) is 28.1 Å². The molecule has 0 aliphatic heterocycles. The third kappa shape index (κ3) is 3.22. The van der Waals surface area contributed by atoms with Gasteiger partial charge in [0, 0.05) is 18.2 Å². The number of carbonyl (C=O) groups is 1. The SMILES string of the molecule is CC(=O)Nc1ccc(-n2c(-c3ccccc3)nc3ccccc3c2=O)cc1. The Balaban J connectivity index is 1.97. The first-order valence-electron chi connectivity index (χ1n) is 8.59. The van der Waals surface area contributed by atoms with Crippen LogP contribution in [0.5, 0.6) is 0 Å². The van der Waals surface area contributed by atoms with Crippen molar-refractivity contribution in [3.8, 4) is 17.1 Å². The van der Waals surface area contributed by atoms with Crippen molar-refractivity contribution in [2.45, 2.75) is 6.92 Å². The second-order valence-corrected chi connectivity index (χ2v) is 6.19. The Morgan fingerprint density at radius 2 is 1.56 bits per heavy atom. The summed E-state index contributed by atoms with van der Waals surface area (Å²) in [5, 5.41) is 3.29. The number of para-hydroxylation sites is 1. The standard InChI is InChI=1S/C22H17N3O2/c1-15(26)23-17-11-13-18(14-12-17)25-21(16-7-3-2-4-8-16)24-20-10-6-5-9-19(20)22(25)27/h2-14H,1H3,(H,23,26). The van der Waals surface area contributed by atoms with Gasteiger partial charge in [-0.25, -0.2) is 4.98 Å². The molecular formula is C22H17N3O2. The number of carbonyl (C=O) groups excluding carboxylic acids is 1. The van der Waals surface area contributed by atoms with Gasteiger partial charge in [0.05, 0.1) is 16.6 Å². The van der Waals surface area contributed by atoms with E-state index in [2.05, 4.69) is 5.32 Å². The molecule has 3 aromatic carbocycles. The zero-order valence-electron chi connectivity index (χ0n) is 14.7. The Kier molecular flexibility index (Phi) is 4.26. The van der Waals surface area contributed by atoms with Crippen molar-refractivity contribution >= 4 is 22.5 Å². The van der Waals surface area contributed by atoms with E-state index in [1.54, 1.807) is 34.9 Å². The fourth-order valence-corrected chi connectivity index (χ4v) is 3.05. The number of nitrogens with one attached hydrogen (secondary N) is 1. The van der Waals surface area contributed by atoms with Crippen LogP contribution in [0.4, 0.5) is 5.69 Å². The van der Waals surface area contributed by atoms with Crippen LogP contribution in [0.25, 0.3) is 28.0 Å². The summed E-state index contributed by atoms with van der Waals surface area (Å²) in [5.74, 6) is 0.434. The molecule has 0 aliphatic carbocycles. The zero-order valence-corrected chi connectivity index (χ0v) is 14.7. The van der Waals surface area contributed by atoms with Gasteiger partial charge in [-0.3, -0.25) is 14.2 Å². The number of hydrogen-bond acceptors (Lipinski definition) is 3. The Bertz CT molecular complexity index is 1180. The lowest BCUT2D eigenvalue weighted by Crippen LogP contribution is -2.22. The minimum atomic E-state index is -0.141. The van der Waals surface area contributed by atoms with Gasteiger partial charge in [-0.1, -0.05) is 42.5 Å². The number of fused-ring (bicyclic) bond motifs is 1. The van der Waals surface area contributed by atoms with E-state index in [9.17, 15) is 9.59 Å². The number of rotatable bonds is 3. The summed E-state index contributed by atoms with van der Waals surface area (Å²) in [5.41, 5.74) is 2.74. The minimum Gasteiger partial charge on any atom is -0.326 e. The smallest absolute Gasteiger partial charge is 0.266 e. The molecule has 0 spiro atoms. The molecule has 1 amide bonds. The molecule has 0 unspecified atom stereocenters. The lowest BCUT2D eigenvalue weighted by Gasteiger charge is -2.14. The Morgan fingerprint density at radius 1 is 0.889 bits per heavy atom. The van der Waals surface area contributed by atoms with Gasteiger partial charge in [0.1, 0.15) is 5.82 Å². The molecule has 0 atom stereocenters. The highest BCUT2D eigenvalue weighted by Gasteiger charge is 2.14. The van der Waals surface area contributed by atoms with E-state index in [1.807, 2.05) is 48.5 Å². The van der Waals surface area contributed by atoms with Gasteiger partial charge in [0.2, 0.25) is 5.91 Å². The largest absolute Gasteiger partial charge is 0.326 e. The molecule has 4 aromatic rings. The molecule has 0 aliphatic rings. The summed E-state index contributed by atoms with van der Waals surface area (Å²) in [6.07, 6.45) is 0. The van der Waals surface area contributed by atoms with Crippen LogP contribution in [-0.4, -0.2) is 15.5 Å². The molecule has 1 aromatic heterocycles. The number of benzene rings is 3. The number of aromatic nitrogens is 2. The molecule has 4 rings (SSSR count). The van der Waals surface area contributed by atoms with Crippen LogP contribution in [0.2, 0.25) is 0 Å². The third-order valence-corrected chi connectivity index (χ3v) is 4.25. The molecule has 1 heterocycles. The number of nitrogens with zero attached hydrogens (tertiary/aromatic N) is 2. The number of hydrogen-bond donors (Lipinski definition) is 1. The second-order valence-electron chi connectivity index (χ2n) is 6.19. The Morgan fingerprint density at radius 3 is 2.26 bits per heavy atom. The molecule has 0 bridgehead atoms. The number of anilines is 1. The van der Waals surface area contributed by atoms with E-state index in [1.165, 1.54) is 6.92 Å². The van der Waals surface area contributed by atoms with Gasteiger partial charge < -0.3 is 5.32 Å². The first-order chi connectivity index (χ1) is 13.1. The van der Waals surface area contributed by atoms with E-state index in [4.69, 9.17) is 4.98 Å². The van der Waals surface area contributed by atoms with Crippen LogP contribution in [0.1, 0.15) is 6.92 Å². The van der Waals surface area contributed by atoms with Crippen molar-refractivity contribution in [3.05, 3.63) is 89.2 Å². The molecule has 27 heavy (non-hydrogen) atoms. The van der Waals surface area contributed by atoms with E-state index in [-0.39, 0.29) is 11.5 Å². The van der Waals surface area contributed by atoms with Crippen LogP contribution in [0.3, 0.4) is 0 Å². The van der Waals surface area contributed by atoms with E-state index >= 15 is 0 Å². The summed E-state index contributed by atoms with van der Waals surface area (Å²) in [7, 11) is 0. The maximum atomic E-state index is 13.2. The van der Waals surface area contributed by atoms with Crippen LogP contribution in [0.15, 0.2) is 83.7 Å². The molecule has 5 nitrogen and oxygen atoms in total. The van der Waals surface area contributed by atoms with Gasteiger partial charge in [-0.2, -0.15) is 0 Å². The highest BCUT2D eigenvalue weighted by Crippen LogP contribution is 2.22. The monoisotopic (exact) mass is 355 g/mol. The van der Waals surface area contributed by atoms with Crippen molar-refractivity contribution < 1.29 is 4.79 Å². The van der Waals surface area contributed by atoms with Crippen molar-refractivity contribution in [1.29, 1.82) is 0 Å². The average molecular weight is 355 g/mol. The van der Waals surface area contributed by atoms with Crippen molar-refractivity contribution in [2.75, 3.05) is 5.32 Å². The average Bonchev–Trinajstić information content (AvgIpc) is 2.69. The fraction of sp³-hybridized carbons (Fsp3) is 0.0455. The van der Waals surface area contributed by atoms with E-state index < -0.39 is 0 Å². The Labute approximate surface area is 155 Å². The van der Waals surface area contributed by atoms with Crippen LogP contribution in [0, 0.1) is 0 Å². The normalized spacial score (nSPS) is 10.7. The van der Waals surface area contributed by atoms with Gasteiger partial charge in [0.25, 0.3) is 5.56 Å². The van der Waals surface area contributed by atoms with Crippen LogP contribution < -0.4 is 10.9 Å². The molecule has 132 valence electrons. The molecule has 0 fully saturated rings. The molecule has 0 saturated heterocycles. The van der Waals surface area contributed by atoms with E-state index in [0.717, 1.165) is 5.56 Å². The summed E-state index contributed by atoms with van der Waals surface area (Å²) in [4.78, 5) is 29.2. The van der Waals surface area contributed by atoms with Crippen molar-refractivity contribution in [2.24, 2.45) is 0 Å². The predicted octanol–water partition coefficient (Wildman–Crippen LogP) is 4.01. The third-order valence-electron chi connectivity index (χ3n) is 4.25. The number of amides is 1. The van der Waals surface area contributed by atoms with Crippen molar-refractivity contribution in [3.63, 3.8) is 0 Å². The molecule has 5 heteroatoms. The highest BCUT2D eigenvalue weighted by molar-refractivity contribution is 5.88. The topological polar surface area (TPSA) is 64.0 Å². The van der Waals surface area contributed by atoms with Gasteiger partial charge in [-0.15, -0.1) is 0 Å². The highest BCUT2D eigenvalue weighted by atomic mass is 16.1. The summed E-state index contributed by atoms with van der Waals surface area (Å²) in [6, 6.07) is 24.1. The van der Waals surface area contributed by atoms with Gasteiger partial charge >= 0.3 is 0 Å². The van der Waals surface area contributed by atoms with Gasteiger partial charge in [0.15, 0.2) is 0 Å². The zero-order chi connectivity index (χ0) is 18.8. The molecule has 0 radical (unpaired) electrons. The summed E-state index contributed by atoms with van der Waals surface area (Å²) in [6.45, 7) is 1.46. The molecular weight excluding hydrogens is 338 g/mol. The quantitative estimate of drug-likeness (QED) is 0.604. The maximum Gasteiger partial charge on any atom is 0.266 e. The maximum absolute atomic E-state index is 13.2. The predicted molar refractivity (Wildman–Crippen MR) is 107 cm³/mol. The van der Waals surface area contributed by atoms with Crippen LogP contribution >= 0.6 is 0 Å². The first-order valence-corrected chi connectivity index (χ1v) is 8.59. The van der Waals surface area contributed by atoms with Crippen molar-refractivity contribution in [1.82, 2.24) is 9.55 Å². The minimum absolute atomic E-state index is 0.133. The lowest BCUT2D eigenvalue weighted by atomic mass is 10.1. The molecule has 1 N–H and O–H groups in total. The lowest BCUT2D eigenvalue weighted by molar-refractivity contribution is -0.114. The first kappa shape index (κ1) is 16.7. The second kappa shape index (κ2) is 6.88. The summed E-state index contributed by atoms with van der Waals surface area (Å²) >= 11 is 0. The Hall–Kier alpha value is -3.73. The molecule has 0 saturated carbocycles. The van der Waals surface area contributed by atoms with Crippen LogP contribution in [-0.2, 0) is 4.79 Å². The summed E-state index contributed by atoms with van der Waals surface area (Å²) < 4.78 is 1.61. The van der Waals surface area contributed by atoms with Gasteiger partial charge in [-0.05, 0) is 36.4 Å².